The summed E-state index contributed by atoms with van der Waals surface area (Å²) in [4.78, 5) is 11.3. The van der Waals surface area contributed by atoms with E-state index in [0.29, 0.717) is 10.6 Å². The number of carboxylic acids is 1. The first kappa shape index (κ1) is 10.7. The van der Waals surface area contributed by atoms with Crippen molar-refractivity contribution >= 4 is 23.0 Å². The van der Waals surface area contributed by atoms with E-state index >= 15 is 0 Å². The lowest BCUT2D eigenvalue weighted by atomic mass is 10.0. The lowest BCUT2D eigenvalue weighted by Gasteiger charge is -2.04. The third-order valence-electron chi connectivity index (χ3n) is 2.45. The number of thiophene rings is 1. The zero-order chi connectivity index (χ0) is 11.7. The molecule has 0 aliphatic carbocycles. The third-order valence-corrected chi connectivity index (χ3v) is 3.35. The van der Waals surface area contributed by atoms with E-state index in [1.807, 2.05) is 25.1 Å². The van der Waals surface area contributed by atoms with Gasteiger partial charge in [0, 0.05) is 11.3 Å². The molecular weight excluding hydrogens is 222 g/mol. The summed E-state index contributed by atoms with van der Waals surface area (Å²) in [6.07, 6.45) is 0. The highest BCUT2D eigenvalue weighted by atomic mass is 32.1. The van der Waals surface area contributed by atoms with Crippen molar-refractivity contribution in [1.29, 1.82) is 0 Å². The molecule has 0 saturated carbocycles. The number of benzene rings is 1. The normalized spacial score (nSPS) is 10.3. The zero-order valence-corrected chi connectivity index (χ0v) is 9.54. The molecule has 0 amide bonds. The van der Waals surface area contributed by atoms with E-state index in [9.17, 15) is 4.79 Å². The monoisotopic (exact) mass is 233 g/mol. The average molecular weight is 233 g/mol. The fraction of sp³-hybridized carbons (Fsp3) is 0.0833. The van der Waals surface area contributed by atoms with Crippen molar-refractivity contribution in [1.82, 2.24) is 0 Å². The maximum atomic E-state index is 11.0. The average Bonchev–Trinajstić information content (AvgIpc) is 2.71. The SMILES string of the molecule is Cc1ccc(-c2ccsc2C(=O)O)cc1N. The molecule has 1 aromatic carbocycles. The van der Waals surface area contributed by atoms with Crippen molar-refractivity contribution in [2.24, 2.45) is 0 Å². The number of hydrogen-bond acceptors (Lipinski definition) is 3. The molecule has 0 aliphatic rings. The van der Waals surface area contributed by atoms with Gasteiger partial charge in [-0.25, -0.2) is 4.79 Å². The molecule has 0 aliphatic heterocycles. The number of hydrogen-bond donors (Lipinski definition) is 2. The maximum Gasteiger partial charge on any atom is 0.346 e. The first-order chi connectivity index (χ1) is 7.59. The third kappa shape index (κ3) is 1.79. The van der Waals surface area contributed by atoms with E-state index in [2.05, 4.69) is 0 Å². The van der Waals surface area contributed by atoms with Crippen molar-refractivity contribution < 1.29 is 9.90 Å². The van der Waals surface area contributed by atoms with Gasteiger partial charge in [0.05, 0.1) is 0 Å². The number of aromatic carboxylic acids is 1. The molecule has 0 fully saturated rings. The van der Waals surface area contributed by atoms with Crippen LogP contribution in [0.3, 0.4) is 0 Å². The van der Waals surface area contributed by atoms with Crippen molar-refractivity contribution in [2.75, 3.05) is 5.73 Å². The molecule has 2 aromatic rings. The van der Waals surface area contributed by atoms with Gasteiger partial charge >= 0.3 is 5.97 Å². The summed E-state index contributed by atoms with van der Waals surface area (Å²) < 4.78 is 0. The fourth-order valence-corrected chi connectivity index (χ4v) is 2.26. The second-order valence-corrected chi connectivity index (χ2v) is 4.46. The molecule has 0 unspecified atom stereocenters. The van der Waals surface area contributed by atoms with Crippen LogP contribution in [0.4, 0.5) is 5.69 Å². The van der Waals surface area contributed by atoms with Crippen LogP contribution in [-0.4, -0.2) is 11.1 Å². The summed E-state index contributed by atoms with van der Waals surface area (Å²) in [5.74, 6) is -0.899. The number of nitrogens with two attached hydrogens (primary N) is 1. The Balaban J connectivity index is 2.54. The molecule has 16 heavy (non-hydrogen) atoms. The molecule has 82 valence electrons. The van der Waals surface area contributed by atoms with Crippen molar-refractivity contribution in [2.45, 2.75) is 6.92 Å². The molecule has 0 spiro atoms. The first-order valence-corrected chi connectivity index (χ1v) is 5.65. The highest BCUT2D eigenvalue weighted by Gasteiger charge is 2.13. The Hall–Kier alpha value is -1.81. The number of carboxylic acid groups (broad SMARTS) is 1. The second kappa shape index (κ2) is 3.98. The molecular formula is C12H11NO2S. The number of nitrogen functional groups attached to an aromatic ring is 1. The highest BCUT2D eigenvalue weighted by molar-refractivity contribution is 7.12. The van der Waals surface area contributed by atoms with Crippen LogP contribution in [0.2, 0.25) is 0 Å². The number of anilines is 1. The Morgan fingerprint density at radius 3 is 2.75 bits per heavy atom. The van der Waals surface area contributed by atoms with Crippen LogP contribution in [0.15, 0.2) is 29.6 Å². The maximum absolute atomic E-state index is 11.0. The van der Waals surface area contributed by atoms with E-state index < -0.39 is 5.97 Å². The van der Waals surface area contributed by atoms with Crippen LogP contribution in [0.1, 0.15) is 15.2 Å². The summed E-state index contributed by atoms with van der Waals surface area (Å²) in [5.41, 5.74) is 9.06. The Morgan fingerprint density at radius 2 is 2.12 bits per heavy atom. The van der Waals surface area contributed by atoms with E-state index in [1.54, 1.807) is 11.4 Å². The smallest absolute Gasteiger partial charge is 0.346 e. The van der Waals surface area contributed by atoms with Gasteiger partial charge in [0.25, 0.3) is 0 Å². The summed E-state index contributed by atoms with van der Waals surface area (Å²) in [7, 11) is 0. The van der Waals surface area contributed by atoms with Crippen molar-refractivity contribution in [3.05, 3.63) is 40.1 Å². The van der Waals surface area contributed by atoms with Gasteiger partial charge in [-0.2, -0.15) is 0 Å². The summed E-state index contributed by atoms with van der Waals surface area (Å²) in [5, 5.41) is 10.8. The summed E-state index contributed by atoms with van der Waals surface area (Å²) in [6, 6.07) is 7.40. The standard InChI is InChI=1S/C12H11NO2S/c1-7-2-3-8(6-10(7)13)9-4-5-16-11(9)12(14)15/h2-6H,13H2,1H3,(H,14,15). The Morgan fingerprint density at radius 1 is 1.38 bits per heavy atom. The summed E-state index contributed by atoms with van der Waals surface area (Å²) in [6.45, 7) is 1.92. The van der Waals surface area contributed by atoms with Crippen molar-refractivity contribution in [3.8, 4) is 11.1 Å². The number of aryl methyl sites for hydroxylation is 1. The minimum absolute atomic E-state index is 0.350. The Kier molecular flexibility index (Phi) is 2.66. The van der Waals surface area contributed by atoms with Gasteiger partial charge in [-0.05, 0) is 35.6 Å². The zero-order valence-electron chi connectivity index (χ0n) is 8.73. The van der Waals surface area contributed by atoms with Gasteiger partial charge in [-0.3, -0.25) is 0 Å². The largest absolute Gasteiger partial charge is 0.477 e. The predicted octanol–water partition coefficient (Wildman–Crippen LogP) is 3.00. The van der Waals surface area contributed by atoms with Gasteiger partial charge in [0.1, 0.15) is 4.88 Å². The molecule has 4 heteroatoms. The fourth-order valence-electron chi connectivity index (χ4n) is 1.51. The lowest BCUT2D eigenvalue weighted by molar-refractivity contribution is 0.0703. The molecule has 3 N–H and O–H groups in total. The minimum atomic E-state index is -0.899. The molecule has 0 atom stereocenters. The molecule has 1 heterocycles. The Bertz CT molecular complexity index is 546. The van der Waals surface area contributed by atoms with Gasteiger partial charge in [0.15, 0.2) is 0 Å². The highest BCUT2D eigenvalue weighted by Crippen LogP contribution is 2.30. The number of carbonyl (C=O) groups is 1. The molecule has 0 radical (unpaired) electrons. The van der Waals surface area contributed by atoms with Crippen molar-refractivity contribution in [3.63, 3.8) is 0 Å². The van der Waals surface area contributed by atoms with Gasteiger partial charge in [-0.1, -0.05) is 12.1 Å². The van der Waals surface area contributed by atoms with Crippen LogP contribution in [-0.2, 0) is 0 Å². The molecule has 0 bridgehead atoms. The van der Waals surface area contributed by atoms with Gasteiger partial charge in [0.2, 0.25) is 0 Å². The Labute approximate surface area is 97.2 Å². The minimum Gasteiger partial charge on any atom is -0.477 e. The van der Waals surface area contributed by atoms with Crippen LogP contribution in [0.5, 0.6) is 0 Å². The molecule has 3 nitrogen and oxygen atoms in total. The van der Waals surface area contributed by atoms with E-state index in [1.165, 1.54) is 11.3 Å². The van der Waals surface area contributed by atoms with E-state index in [-0.39, 0.29) is 0 Å². The van der Waals surface area contributed by atoms with Gasteiger partial charge in [-0.15, -0.1) is 11.3 Å². The van der Waals surface area contributed by atoms with Crippen LogP contribution >= 0.6 is 11.3 Å². The molecule has 2 rings (SSSR count). The second-order valence-electron chi connectivity index (χ2n) is 3.54. The molecule has 1 aromatic heterocycles. The first-order valence-electron chi connectivity index (χ1n) is 4.77. The van der Waals surface area contributed by atoms with Gasteiger partial charge < -0.3 is 10.8 Å². The van der Waals surface area contributed by atoms with Crippen LogP contribution in [0, 0.1) is 6.92 Å². The van der Waals surface area contributed by atoms with E-state index in [0.717, 1.165) is 16.7 Å². The summed E-state index contributed by atoms with van der Waals surface area (Å²) >= 11 is 1.22. The van der Waals surface area contributed by atoms with E-state index in [4.69, 9.17) is 10.8 Å². The number of rotatable bonds is 2. The molecule has 0 saturated heterocycles. The van der Waals surface area contributed by atoms with Crippen LogP contribution < -0.4 is 5.73 Å². The van der Waals surface area contributed by atoms with Crippen LogP contribution in [0.25, 0.3) is 11.1 Å². The topological polar surface area (TPSA) is 63.3 Å². The lowest BCUT2D eigenvalue weighted by Crippen LogP contribution is -1.95. The quantitative estimate of drug-likeness (QED) is 0.784. The predicted molar refractivity (Wildman–Crippen MR) is 65.9 cm³/mol.